The van der Waals surface area contributed by atoms with Crippen molar-refractivity contribution in [1.29, 1.82) is 0 Å². The number of hydrogen-bond acceptors (Lipinski definition) is 5. The van der Waals surface area contributed by atoms with Crippen LogP contribution >= 0.6 is 0 Å². The van der Waals surface area contributed by atoms with Crippen molar-refractivity contribution in [3.05, 3.63) is 50.8 Å². The van der Waals surface area contributed by atoms with Crippen LogP contribution < -0.4 is 21.3 Å². The van der Waals surface area contributed by atoms with Gasteiger partial charge in [-0.15, -0.1) is 0 Å². The summed E-state index contributed by atoms with van der Waals surface area (Å²) in [4.78, 5) is 37.5. The summed E-state index contributed by atoms with van der Waals surface area (Å²) >= 11 is 0. The van der Waals surface area contributed by atoms with E-state index in [1.54, 1.807) is 31.4 Å². The SMILES string of the molecule is CCCn1c(=O)c(C(=O)NC2CC2)nn(-c2ccc(OC)cc2)c1=O. The predicted molar refractivity (Wildman–Crippen MR) is 91.4 cm³/mol. The summed E-state index contributed by atoms with van der Waals surface area (Å²) in [6.07, 6.45) is 2.38. The predicted octanol–water partition coefficient (Wildman–Crippen LogP) is 0.705. The molecule has 2 aromatic rings. The van der Waals surface area contributed by atoms with Crippen LogP contribution in [0.1, 0.15) is 36.7 Å². The molecular weight excluding hydrogens is 324 g/mol. The van der Waals surface area contributed by atoms with E-state index in [-0.39, 0.29) is 18.3 Å². The lowest BCUT2D eigenvalue weighted by Gasteiger charge is -2.12. The summed E-state index contributed by atoms with van der Waals surface area (Å²) in [5, 5.41) is 6.79. The number of methoxy groups -OCH3 is 1. The molecule has 1 amide bonds. The van der Waals surface area contributed by atoms with E-state index < -0.39 is 17.2 Å². The van der Waals surface area contributed by atoms with E-state index >= 15 is 0 Å². The van der Waals surface area contributed by atoms with Crippen molar-refractivity contribution in [2.45, 2.75) is 38.8 Å². The standard InChI is InChI=1S/C17H20N4O4/c1-3-10-20-16(23)14(15(22)18-11-4-5-11)19-21(17(20)24)12-6-8-13(25-2)9-7-12/h6-9,11H,3-5,10H2,1-2H3,(H,18,22). The smallest absolute Gasteiger partial charge is 0.352 e. The van der Waals surface area contributed by atoms with Gasteiger partial charge < -0.3 is 10.1 Å². The van der Waals surface area contributed by atoms with Crippen molar-refractivity contribution < 1.29 is 9.53 Å². The van der Waals surface area contributed by atoms with Gasteiger partial charge >= 0.3 is 5.69 Å². The molecule has 1 aliphatic rings. The Labute approximate surface area is 144 Å². The number of nitrogens with one attached hydrogen (secondary N) is 1. The number of benzene rings is 1. The van der Waals surface area contributed by atoms with Gasteiger partial charge in [0.1, 0.15) is 5.75 Å². The Morgan fingerprint density at radius 2 is 1.96 bits per heavy atom. The van der Waals surface area contributed by atoms with E-state index in [2.05, 4.69) is 10.4 Å². The van der Waals surface area contributed by atoms with Crippen LogP contribution in [0, 0.1) is 0 Å². The summed E-state index contributed by atoms with van der Waals surface area (Å²) in [5.74, 6) is 0.0880. The number of ether oxygens (including phenoxy) is 1. The van der Waals surface area contributed by atoms with Crippen molar-refractivity contribution in [2.75, 3.05) is 7.11 Å². The van der Waals surface area contributed by atoms with Crippen molar-refractivity contribution in [2.24, 2.45) is 0 Å². The Balaban J connectivity index is 2.12. The van der Waals surface area contributed by atoms with Crippen molar-refractivity contribution >= 4 is 5.91 Å². The highest BCUT2D eigenvalue weighted by atomic mass is 16.5. The first-order valence-corrected chi connectivity index (χ1v) is 8.24. The molecule has 3 rings (SSSR count). The molecule has 1 aromatic heterocycles. The number of aromatic nitrogens is 3. The van der Waals surface area contributed by atoms with Gasteiger partial charge in [0.05, 0.1) is 12.8 Å². The van der Waals surface area contributed by atoms with E-state index in [1.807, 2.05) is 6.92 Å². The summed E-state index contributed by atoms with van der Waals surface area (Å²) in [5.41, 5.74) is -1.04. The Hall–Kier alpha value is -2.90. The lowest BCUT2D eigenvalue weighted by atomic mass is 10.3. The fourth-order valence-corrected chi connectivity index (χ4v) is 2.45. The average molecular weight is 344 g/mol. The molecule has 0 saturated heterocycles. The van der Waals surface area contributed by atoms with Gasteiger partial charge in [-0.1, -0.05) is 6.92 Å². The van der Waals surface area contributed by atoms with Gasteiger partial charge in [0, 0.05) is 12.6 Å². The van der Waals surface area contributed by atoms with Gasteiger partial charge in [0.2, 0.25) is 5.69 Å². The number of carbonyl (C=O) groups excluding carboxylic acids is 1. The third kappa shape index (κ3) is 3.47. The Bertz CT molecular complexity index is 894. The zero-order chi connectivity index (χ0) is 18.0. The van der Waals surface area contributed by atoms with E-state index in [4.69, 9.17) is 4.74 Å². The van der Waals surface area contributed by atoms with Crippen LogP contribution in [0.2, 0.25) is 0 Å². The molecule has 0 unspecified atom stereocenters. The van der Waals surface area contributed by atoms with E-state index in [9.17, 15) is 14.4 Å². The van der Waals surface area contributed by atoms with Gasteiger partial charge in [0.15, 0.2) is 0 Å². The van der Waals surface area contributed by atoms with Crippen LogP contribution in [-0.2, 0) is 6.54 Å². The van der Waals surface area contributed by atoms with Crippen molar-refractivity contribution in [1.82, 2.24) is 19.7 Å². The first kappa shape index (κ1) is 16.9. The lowest BCUT2D eigenvalue weighted by molar-refractivity contribution is 0.0941. The normalized spacial score (nSPS) is 13.5. The van der Waals surface area contributed by atoms with E-state index in [0.29, 0.717) is 17.9 Å². The molecule has 0 bridgehead atoms. The molecule has 0 aliphatic heterocycles. The Morgan fingerprint density at radius 1 is 1.28 bits per heavy atom. The molecule has 1 aliphatic carbocycles. The second-order valence-corrected chi connectivity index (χ2v) is 5.95. The number of rotatable bonds is 6. The molecule has 1 aromatic carbocycles. The lowest BCUT2D eigenvalue weighted by Crippen LogP contribution is -2.46. The maximum Gasteiger partial charge on any atom is 0.352 e. The van der Waals surface area contributed by atoms with Gasteiger partial charge in [0.25, 0.3) is 11.5 Å². The minimum absolute atomic E-state index is 0.0923. The third-order valence-electron chi connectivity index (χ3n) is 3.95. The maximum absolute atomic E-state index is 12.6. The van der Waals surface area contributed by atoms with Crippen LogP contribution in [0.25, 0.3) is 5.69 Å². The molecule has 0 spiro atoms. The topological polar surface area (TPSA) is 95.2 Å². The fraction of sp³-hybridized carbons (Fsp3) is 0.412. The molecule has 1 saturated carbocycles. The molecule has 0 atom stereocenters. The third-order valence-corrected chi connectivity index (χ3v) is 3.95. The molecule has 8 heteroatoms. The Morgan fingerprint density at radius 3 is 2.52 bits per heavy atom. The highest BCUT2D eigenvalue weighted by Gasteiger charge is 2.27. The molecule has 8 nitrogen and oxygen atoms in total. The fourth-order valence-electron chi connectivity index (χ4n) is 2.45. The summed E-state index contributed by atoms with van der Waals surface area (Å²) in [6, 6.07) is 6.76. The van der Waals surface area contributed by atoms with E-state index in [1.165, 1.54) is 0 Å². The summed E-state index contributed by atoms with van der Waals surface area (Å²) in [7, 11) is 1.54. The quantitative estimate of drug-likeness (QED) is 0.832. The number of hydrogen-bond donors (Lipinski definition) is 1. The van der Waals surface area contributed by atoms with Crippen molar-refractivity contribution in [3.63, 3.8) is 0 Å². The Kier molecular flexibility index (Phi) is 4.69. The largest absolute Gasteiger partial charge is 0.497 e. The minimum atomic E-state index is -0.658. The summed E-state index contributed by atoms with van der Waals surface area (Å²) < 4.78 is 7.24. The molecule has 1 heterocycles. The second-order valence-electron chi connectivity index (χ2n) is 5.95. The zero-order valence-electron chi connectivity index (χ0n) is 14.2. The number of carbonyl (C=O) groups is 1. The summed E-state index contributed by atoms with van der Waals surface area (Å²) in [6.45, 7) is 2.08. The van der Waals surface area contributed by atoms with Crippen LogP contribution in [0.3, 0.4) is 0 Å². The van der Waals surface area contributed by atoms with Crippen LogP contribution in [0.15, 0.2) is 33.9 Å². The van der Waals surface area contributed by atoms with Gasteiger partial charge in [-0.2, -0.15) is 9.78 Å². The van der Waals surface area contributed by atoms with Gasteiger partial charge in [-0.05, 0) is 43.5 Å². The molecule has 132 valence electrons. The zero-order valence-corrected chi connectivity index (χ0v) is 14.2. The van der Waals surface area contributed by atoms with Crippen LogP contribution in [0.4, 0.5) is 0 Å². The minimum Gasteiger partial charge on any atom is -0.497 e. The van der Waals surface area contributed by atoms with Crippen LogP contribution in [-0.4, -0.2) is 33.4 Å². The first-order valence-electron chi connectivity index (χ1n) is 8.24. The highest BCUT2D eigenvalue weighted by molar-refractivity contribution is 5.92. The average Bonchev–Trinajstić information content (AvgIpc) is 3.43. The van der Waals surface area contributed by atoms with Gasteiger partial charge in [-0.25, -0.2) is 4.79 Å². The number of nitrogens with zero attached hydrogens (tertiary/aromatic N) is 3. The first-order chi connectivity index (χ1) is 12.0. The second kappa shape index (κ2) is 6.92. The molecule has 1 N–H and O–H groups in total. The van der Waals surface area contributed by atoms with Crippen molar-refractivity contribution in [3.8, 4) is 11.4 Å². The molecule has 25 heavy (non-hydrogen) atoms. The van der Waals surface area contributed by atoms with Crippen LogP contribution in [0.5, 0.6) is 5.75 Å². The van der Waals surface area contributed by atoms with Gasteiger partial charge in [-0.3, -0.25) is 14.2 Å². The monoisotopic (exact) mass is 344 g/mol. The van der Waals surface area contributed by atoms with E-state index in [0.717, 1.165) is 22.1 Å². The maximum atomic E-state index is 12.6. The molecular formula is C17H20N4O4. The molecule has 1 fully saturated rings. The number of amides is 1. The molecule has 0 radical (unpaired) electrons. The highest BCUT2D eigenvalue weighted by Crippen LogP contribution is 2.18.